The SMILES string of the molecule is O=C(Nc1ccc(N2CCCCC2)c2ccncc12)c1ccc(F)cc1F. The first-order valence-electron chi connectivity index (χ1n) is 9.01. The van der Waals surface area contributed by atoms with Gasteiger partial charge >= 0.3 is 0 Å². The smallest absolute Gasteiger partial charge is 0.258 e. The van der Waals surface area contributed by atoms with Gasteiger partial charge in [-0.05, 0) is 49.6 Å². The first-order valence-corrected chi connectivity index (χ1v) is 9.01. The van der Waals surface area contributed by atoms with E-state index in [1.54, 1.807) is 12.4 Å². The number of halogens is 2. The molecule has 0 unspecified atom stereocenters. The lowest BCUT2D eigenvalue weighted by molar-refractivity contribution is 0.102. The van der Waals surface area contributed by atoms with Gasteiger partial charge in [-0.25, -0.2) is 8.78 Å². The molecule has 0 atom stereocenters. The third kappa shape index (κ3) is 3.47. The summed E-state index contributed by atoms with van der Waals surface area (Å²) in [6.45, 7) is 2.01. The molecule has 1 N–H and O–H groups in total. The third-order valence-corrected chi connectivity index (χ3v) is 4.92. The van der Waals surface area contributed by atoms with E-state index in [0.717, 1.165) is 54.5 Å². The average molecular weight is 367 g/mol. The molecule has 4 rings (SSSR count). The van der Waals surface area contributed by atoms with E-state index in [1.807, 2.05) is 18.2 Å². The highest BCUT2D eigenvalue weighted by Crippen LogP contribution is 2.33. The second-order valence-corrected chi connectivity index (χ2v) is 6.68. The summed E-state index contributed by atoms with van der Waals surface area (Å²) < 4.78 is 27.0. The van der Waals surface area contributed by atoms with Gasteiger partial charge in [0.1, 0.15) is 11.6 Å². The predicted octanol–water partition coefficient (Wildman–Crippen LogP) is 4.76. The molecular weight excluding hydrogens is 348 g/mol. The van der Waals surface area contributed by atoms with Crippen molar-refractivity contribution in [2.75, 3.05) is 23.3 Å². The van der Waals surface area contributed by atoms with Gasteiger partial charge in [0.25, 0.3) is 5.91 Å². The van der Waals surface area contributed by atoms with Crippen LogP contribution in [-0.2, 0) is 0 Å². The minimum atomic E-state index is -0.889. The van der Waals surface area contributed by atoms with Crippen LogP contribution in [0.3, 0.4) is 0 Å². The largest absolute Gasteiger partial charge is 0.371 e. The molecule has 0 spiro atoms. The van der Waals surface area contributed by atoms with Gasteiger partial charge in [-0.2, -0.15) is 0 Å². The number of rotatable bonds is 3. The summed E-state index contributed by atoms with van der Waals surface area (Å²) in [7, 11) is 0. The van der Waals surface area contributed by atoms with Crippen LogP contribution in [0, 0.1) is 11.6 Å². The highest BCUT2D eigenvalue weighted by atomic mass is 19.1. The molecule has 1 saturated heterocycles. The lowest BCUT2D eigenvalue weighted by Gasteiger charge is -2.30. The normalized spacial score (nSPS) is 14.4. The number of piperidine rings is 1. The number of benzene rings is 2. The summed E-state index contributed by atoms with van der Waals surface area (Å²) in [5.74, 6) is -2.23. The van der Waals surface area contributed by atoms with E-state index in [2.05, 4.69) is 15.2 Å². The predicted molar refractivity (Wildman–Crippen MR) is 102 cm³/mol. The van der Waals surface area contributed by atoms with Gasteiger partial charge in [-0.3, -0.25) is 9.78 Å². The minimum absolute atomic E-state index is 0.200. The molecule has 1 aliphatic heterocycles. The molecule has 1 amide bonds. The van der Waals surface area contributed by atoms with E-state index >= 15 is 0 Å². The summed E-state index contributed by atoms with van der Waals surface area (Å²) in [5.41, 5.74) is 1.46. The van der Waals surface area contributed by atoms with E-state index in [0.29, 0.717) is 11.8 Å². The molecule has 138 valence electrons. The number of fused-ring (bicyclic) bond motifs is 1. The molecule has 3 aromatic rings. The van der Waals surface area contributed by atoms with Crippen LogP contribution in [0.1, 0.15) is 29.6 Å². The van der Waals surface area contributed by atoms with Gasteiger partial charge in [0.15, 0.2) is 0 Å². The summed E-state index contributed by atoms with van der Waals surface area (Å²) in [4.78, 5) is 19.0. The Labute approximate surface area is 155 Å². The fourth-order valence-corrected chi connectivity index (χ4v) is 3.56. The first kappa shape index (κ1) is 17.4. The molecule has 1 fully saturated rings. The van der Waals surface area contributed by atoms with E-state index in [4.69, 9.17) is 0 Å². The maximum Gasteiger partial charge on any atom is 0.258 e. The average Bonchev–Trinajstić information content (AvgIpc) is 2.69. The lowest BCUT2D eigenvalue weighted by Crippen LogP contribution is -2.29. The Morgan fingerprint density at radius 1 is 1.00 bits per heavy atom. The second kappa shape index (κ2) is 7.31. The van der Waals surface area contributed by atoms with Crippen LogP contribution in [0.5, 0.6) is 0 Å². The zero-order chi connectivity index (χ0) is 18.8. The topological polar surface area (TPSA) is 45.2 Å². The van der Waals surface area contributed by atoms with E-state index < -0.39 is 17.5 Å². The summed E-state index contributed by atoms with van der Waals surface area (Å²) >= 11 is 0. The molecule has 0 radical (unpaired) electrons. The molecule has 2 heterocycles. The molecule has 6 heteroatoms. The number of hydrogen-bond acceptors (Lipinski definition) is 3. The van der Waals surface area contributed by atoms with Crippen LogP contribution in [0.4, 0.5) is 20.2 Å². The number of amides is 1. The van der Waals surface area contributed by atoms with Crippen molar-refractivity contribution in [1.82, 2.24) is 4.98 Å². The van der Waals surface area contributed by atoms with Crippen molar-refractivity contribution in [3.8, 4) is 0 Å². The van der Waals surface area contributed by atoms with Crippen LogP contribution >= 0.6 is 0 Å². The monoisotopic (exact) mass is 367 g/mol. The molecule has 27 heavy (non-hydrogen) atoms. The van der Waals surface area contributed by atoms with Crippen molar-refractivity contribution in [2.45, 2.75) is 19.3 Å². The Kier molecular flexibility index (Phi) is 4.71. The molecule has 1 aromatic heterocycles. The fourth-order valence-electron chi connectivity index (χ4n) is 3.56. The van der Waals surface area contributed by atoms with E-state index in [9.17, 15) is 13.6 Å². The highest BCUT2D eigenvalue weighted by Gasteiger charge is 2.17. The van der Waals surface area contributed by atoms with Gasteiger partial charge in [0.05, 0.1) is 11.3 Å². The lowest BCUT2D eigenvalue weighted by atomic mass is 10.0. The van der Waals surface area contributed by atoms with Crippen LogP contribution < -0.4 is 10.2 Å². The number of nitrogens with zero attached hydrogens (tertiary/aromatic N) is 2. The molecule has 1 aliphatic rings. The zero-order valence-corrected chi connectivity index (χ0v) is 14.7. The quantitative estimate of drug-likeness (QED) is 0.726. The molecule has 0 aliphatic carbocycles. The van der Waals surface area contributed by atoms with Crippen molar-refractivity contribution in [1.29, 1.82) is 0 Å². The van der Waals surface area contributed by atoms with E-state index in [1.165, 1.54) is 6.42 Å². The van der Waals surface area contributed by atoms with E-state index in [-0.39, 0.29) is 5.56 Å². The molecular formula is C21H19F2N3O. The minimum Gasteiger partial charge on any atom is -0.371 e. The Morgan fingerprint density at radius 3 is 2.59 bits per heavy atom. The van der Waals surface area contributed by atoms with Crippen molar-refractivity contribution < 1.29 is 13.6 Å². The Hall–Kier alpha value is -3.02. The van der Waals surface area contributed by atoms with Crippen molar-refractivity contribution in [3.05, 3.63) is 66.0 Å². The highest BCUT2D eigenvalue weighted by molar-refractivity contribution is 6.11. The summed E-state index contributed by atoms with van der Waals surface area (Å²) in [5, 5.41) is 4.51. The molecule has 4 nitrogen and oxygen atoms in total. The number of nitrogens with one attached hydrogen (secondary N) is 1. The Balaban J connectivity index is 1.69. The van der Waals surface area contributed by atoms with Crippen LogP contribution in [-0.4, -0.2) is 24.0 Å². The number of aromatic nitrogens is 1. The fraction of sp³-hybridized carbons (Fsp3) is 0.238. The molecule has 2 aromatic carbocycles. The molecule has 0 saturated carbocycles. The summed E-state index contributed by atoms with van der Waals surface area (Å²) in [6, 6.07) is 8.62. The van der Waals surface area contributed by atoms with Gasteiger partial charge in [-0.1, -0.05) is 0 Å². The van der Waals surface area contributed by atoms with Gasteiger partial charge < -0.3 is 10.2 Å². The first-order chi connectivity index (χ1) is 13.1. The van der Waals surface area contributed by atoms with Crippen LogP contribution in [0.2, 0.25) is 0 Å². The van der Waals surface area contributed by atoms with Crippen LogP contribution in [0.25, 0.3) is 10.8 Å². The second-order valence-electron chi connectivity index (χ2n) is 6.68. The van der Waals surface area contributed by atoms with Crippen LogP contribution in [0.15, 0.2) is 48.8 Å². The maximum absolute atomic E-state index is 13.9. The number of hydrogen-bond donors (Lipinski definition) is 1. The maximum atomic E-state index is 13.9. The Morgan fingerprint density at radius 2 is 1.81 bits per heavy atom. The van der Waals surface area contributed by atoms with Crippen molar-refractivity contribution >= 4 is 28.1 Å². The van der Waals surface area contributed by atoms with Gasteiger partial charge in [0.2, 0.25) is 0 Å². The standard InChI is InChI=1S/C21H19F2N3O/c22-14-4-5-16(18(23)12-14)21(27)25-19-6-7-20(26-10-2-1-3-11-26)15-8-9-24-13-17(15)19/h4-9,12-13H,1-3,10-11H2,(H,25,27). The van der Waals surface area contributed by atoms with Crippen molar-refractivity contribution in [3.63, 3.8) is 0 Å². The zero-order valence-electron chi connectivity index (χ0n) is 14.7. The molecule has 0 bridgehead atoms. The summed E-state index contributed by atoms with van der Waals surface area (Å²) in [6.07, 6.45) is 6.98. The number of carbonyl (C=O) groups excluding carboxylic acids is 1. The number of carbonyl (C=O) groups is 1. The van der Waals surface area contributed by atoms with Crippen molar-refractivity contribution in [2.24, 2.45) is 0 Å². The van der Waals surface area contributed by atoms with Gasteiger partial charge in [-0.15, -0.1) is 0 Å². The van der Waals surface area contributed by atoms with Gasteiger partial charge in [0, 0.05) is 48.0 Å². The number of pyridine rings is 1. The number of anilines is 2. The third-order valence-electron chi connectivity index (χ3n) is 4.92. The Bertz CT molecular complexity index is 1000.